The Balaban J connectivity index is 1.43. The molecule has 0 atom stereocenters. The van der Waals surface area contributed by atoms with Gasteiger partial charge in [0.1, 0.15) is 5.69 Å². The van der Waals surface area contributed by atoms with Crippen LogP contribution in [0.3, 0.4) is 0 Å². The highest BCUT2D eigenvalue weighted by atomic mass is 16.6. The van der Waals surface area contributed by atoms with Gasteiger partial charge in [-0.25, -0.2) is 0 Å². The SMILES string of the molecule is O=[N+]([O-])c1ccc(NCCOCCOCCOCCOC2CCNCC2)c([N+](=O)[O-])c1. The average molecular weight is 442 g/mol. The summed E-state index contributed by atoms with van der Waals surface area (Å²) < 4.78 is 22.0. The van der Waals surface area contributed by atoms with Crippen LogP contribution in [0, 0.1) is 20.2 Å². The van der Waals surface area contributed by atoms with Crippen molar-refractivity contribution in [2.24, 2.45) is 0 Å². The fourth-order valence-electron chi connectivity index (χ4n) is 2.97. The normalized spacial score (nSPS) is 14.5. The fourth-order valence-corrected chi connectivity index (χ4v) is 2.97. The lowest BCUT2D eigenvalue weighted by atomic mass is 10.1. The monoisotopic (exact) mass is 442 g/mol. The van der Waals surface area contributed by atoms with Gasteiger partial charge in [-0.1, -0.05) is 0 Å². The molecule has 1 aliphatic heterocycles. The number of non-ortho nitro benzene ring substituents is 1. The summed E-state index contributed by atoms with van der Waals surface area (Å²) in [6, 6.07) is 3.46. The van der Waals surface area contributed by atoms with Crippen molar-refractivity contribution >= 4 is 17.1 Å². The largest absolute Gasteiger partial charge is 0.377 e. The van der Waals surface area contributed by atoms with E-state index in [1.807, 2.05) is 0 Å². The minimum absolute atomic E-state index is 0.205. The van der Waals surface area contributed by atoms with Crippen LogP contribution < -0.4 is 10.6 Å². The third-order valence-corrected chi connectivity index (χ3v) is 4.56. The first-order valence-electron chi connectivity index (χ1n) is 10.3. The fraction of sp³-hybridized carbons (Fsp3) is 0.684. The molecule has 1 heterocycles. The Kier molecular flexibility index (Phi) is 11.7. The van der Waals surface area contributed by atoms with Crippen LogP contribution in [0.1, 0.15) is 12.8 Å². The number of nitrogens with one attached hydrogen (secondary N) is 2. The van der Waals surface area contributed by atoms with E-state index in [0.29, 0.717) is 58.9 Å². The molecule has 1 aliphatic rings. The van der Waals surface area contributed by atoms with Crippen LogP contribution in [0.15, 0.2) is 18.2 Å². The first-order chi connectivity index (χ1) is 15.1. The van der Waals surface area contributed by atoms with Gasteiger partial charge in [0.25, 0.3) is 11.4 Å². The summed E-state index contributed by atoms with van der Waals surface area (Å²) in [6.45, 7) is 5.52. The molecule has 2 N–H and O–H groups in total. The molecular formula is C19H30N4O8. The highest BCUT2D eigenvalue weighted by Gasteiger charge is 2.19. The molecule has 1 aromatic rings. The molecule has 0 amide bonds. The van der Waals surface area contributed by atoms with Crippen LogP contribution >= 0.6 is 0 Å². The van der Waals surface area contributed by atoms with Gasteiger partial charge in [-0.05, 0) is 32.0 Å². The Labute approximate surface area is 180 Å². The molecule has 0 saturated carbocycles. The highest BCUT2D eigenvalue weighted by Crippen LogP contribution is 2.28. The first-order valence-corrected chi connectivity index (χ1v) is 10.3. The molecular weight excluding hydrogens is 412 g/mol. The summed E-state index contributed by atoms with van der Waals surface area (Å²) in [5.74, 6) is 0. The van der Waals surface area contributed by atoms with E-state index in [0.717, 1.165) is 32.0 Å². The van der Waals surface area contributed by atoms with Crippen molar-refractivity contribution in [3.05, 3.63) is 38.4 Å². The summed E-state index contributed by atoms with van der Waals surface area (Å²) in [5.41, 5.74) is -0.473. The predicted molar refractivity (Wildman–Crippen MR) is 113 cm³/mol. The molecule has 0 aliphatic carbocycles. The molecule has 0 radical (unpaired) electrons. The second kappa shape index (κ2) is 14.6. The van der Waals surface area contributed by atoms with Crippen molar-refractivity contribution in [3.63, 3.8) is 0 Å². The number of ether oxygens (including phenoxy) is 4. The standard InChI is InChI=1S/C19H30N4O8/c24-22(25)16-1-2-18(19(15-16)23(26)27)21-7-8-28-9-10-29-11-12-30-13-14-31-17-3-5-20-6-4-17/h1-2,15,17,20-21H,3-14H2. The van der Waals surface area contributed by atoms with Crippen molar-refractivity contribution in [2.75, 3.05) is 71.2 Å². The molecule has 12 heteroatoms. The zero-order chi connectivity index (χ0) is 22.3. The maximum atomic E-state index is 11.1. The van der Waals surface area contributed by atoms with Crippen LogP contribution in [-0.2, 0) is 18.9 Å². The number of nitro groups is 2. The van der Waals surface area contributed by atoms with Gasteiger partial charge in [-0.3, -0.25) is 20.2 Å². The van der Waals surface area contributed by atoms with E-state index in [1.54, 1.807) is 0 Å². The average Bonchev–Trinajstić information content (AvgIpc) is 2.77. The van der Waals surface area contributed by atoms with Gasteiger partial charge in [0, 0.05) is 12.6 Å². The molecule has 0 unspecified atom stereocenters. The van der Waals surface area contributed by atoms with E-state index in [2.05, 4.69) is 10.6 Å². The van der Waals surface area contributed by atoms with Crippen molar-refractivity contribution in [1.29, 1.82) is 0 Å². The number of piperidine rings is 1. The third-order valence-electron chi connectivity index (χ3n) is 4.56. The minimum Gasteiger partial charge on any atom is -0.377 e. The summed E-state index contributed by atoms with van der Waals surface area (Å²) in [5, 5.41) is 27.9. The summed E-state index contributed by atoms with van der Waals surface area (Å²) in [4.78, 5) is 20.5. The maximum Gasteiger partial charge on any atom is 0.299 e. The Morgan fingerprint density at radius 2 is 1.52 bits per heavy atom. The van der Waals surface area contributed by atoms with Gasteiger partial charge in [0.2, 0.25) is 0 Å². The first kappa shape index (κ1) is 24.9. The Bertz CT molecular complexity index is 685. The quantitative estimate of drug-likeness (QED) is 0.220. The summed E-state index contributed by atoms with van der Waals surface area (Å²) in [7, 11) is 0. The van der Waals surface area contributed by atoms with Crippen LogP contribution in [0.25, 0.3) is 0 Å². The molecule has 12 nitrogen and oxygen atoms in total. The van der Waals surface area contributed by atoms with Crippen molar-refractivity contribution in [3.8, 4) is 0 Å². The van der Waals surface area contributed by atoms with E-state index in [4.69, 9.17) is 18.9 Å². The number of hydrogen-bond donors (Lipinski definition) is 2. The van der Waals surface area contributed by atoms with Crippen LogP contribution in [0.2, 0.25) is 0 Å². The molecule has 1 fully saturated rings. The van der Waals surface area contributed by atoms with Crippen molar-refractivity contribution in [1.82, 2.24) is 5.32 Å². The summed E-state index contributed by atoms with van der Waals surface area (Å²) >= 11 is 0. The van der Waals surface area contributed by atoms with Gasteiger partial charge in [0.15, 0.2) is 0 Å². The van der Waals surface area contributed by atoms with Crippen LogP contribution in [-0.4, -0.2) is 81.8 Å². The molecule has 1 saturated heterocycles. The Morgan fingerprint density at radius 1 is 0.903 bits per heavy atom. The second-order valence-corrected chi connectivity index (χ2v) is 6.80. The predicted octanol–water partition coefficient (Wildman–Crippen LogP) is 1.73. The van der Waals surface area contributed by atoms with E-state index in [1.165, 1.54) is 12.1 Å². The molecule has 0 spiro atoms. The third kappa shape index (κ3) is 9.98. The Hall–Kier alpha value is -2.38. The zero-order valence-corrected chi connectivity index (χ0v) is 17.5. The summed E-state index contributed by atoms with van der Waals surface area (Å²) in [6.07, 6.45) is 2.42. The number of nitro benzene ring substituents is 2. The van der Waals surface area contributed by atoms with Crippen LogP contribution in [0.4, 0.5) is 17.1 Å². The molecule has 1 aromatic carbocycles. The topological polar surface area (TPSA) is 147 Å². The zero-order valence-electron chi connectivity index (χ0n) is 17.5. The van der Waals surface area contributed by atoms with E-state index in [-0.39, 0.29) is 17.1 Å². The molecule has 0 bridgehead atoms. The maximum absolute atomic E-state index is 11.1. The smallest absolute Gasteiger partial charge is 0.299 e. The molecule has 174 valence electrons. The Morgan fingerprint density at radius 3 is 2.13 bits per heavy atom. The van der Waals surface area contributed by atoms with Gasteiger partial charge < -0.3 is 29.6 Å². The van der Waals surface area contributed by atoms with Gasteiger partial charge in [-0.2, -0.15) is 0 Å². The van der Waals surface area contributed by atoms with Crippen molar-refractivity contribution < 1.29 is 28.8 Å². The van der Waals surface area contributed by atoms with Crippen LogP contribution in [0.5, 0.6) is 0 Å². The lowest BCUT2D eigenvalue weighted by Crippen LogP contribution is -2.33. The van der Waals surface area contributed by atoms with Gasteiger partial charge >= 0.3 is 0 Å². The number of hydrogen-bond acceptors (Lipinski definition) is 10. The van der Waals surface area contributed by atoms with Crippen molar-refractivity contribution in [2.45, 2.75) is 18.9 Å². The minimum atomic E-state index is -0.672. The number of benzene rings is 1. The number of rotatable bonds is 16. The lowest BCUT2D eigenvalue weighted by molar-refractivity contribution is -0.393. The van der Waals surface area contributed by atoms with E-state index in [9.17, 15) is 20.2 Å². The van der Waals surface area contributed by atoms with E-state index < -0.39 is 9.85 Å². The van der Waals surface area contributed by atoms with E-state index >= 15 is 0 Å². The van der Waals surface area contributed by atoms with Gasteiger partial charge in [-0.15, -0.1) is 0 Å². The number of nitrogens with zero attached hydrogens (tertiary/aromatic N) is 2. The molecule has 0 aromatic heterocycles. The highest BCUT2D eigenvalue weighted by molar-refractivity contribution is 5.65. The molecule has 31 heavy (non-hydrogen) atoms. The van der Waals surface area contributed by atoms with Gasteiger partial charge in [0.05, 0.1) is 68.3 Å². The lowest BCUT2D eigenvalue weighted by Gasteiger charge is -2.22. The molecule has 2 rings (SSSR count). The second-order valence-electron chi connectivity index (χ2n) is 6.80. The number of anilines is 1.